The fraction of sp³-hybridized carbons (Fsp3) is 0.267. The van der Waals surface area contributed by atoms with Crippen LogP contribution in [-0.2, 0) is 4.79 Å². The van der Waals surface area contributed by atoms with E-state index in [-0.39, 0.29) is 17.4 Å². The van der Waals surface area contributed by atoms with Crippen molar-refractivity contribution in [1.29, 1.82) is 0 Å². The van der Waals surface area contributed by atoms with Crippen LogP contribution in [0.1, 0.15) is 29.5 Å². The van der Waals surface area contributed by atoms with E-state index in [0.29, 0.717) is 12.3 Å². The molecule has 1 aromatic carbocycles. The van der Waals surface area contributed by atoms with E-state index in [9.17, 15) is 4.79 Å². The summed E-state index contributed by atoms with van der Waals surface area (Å²) in [6.45, 7) is 0. The number of carbonyl (C=O) groups is 1. The fourth-order valence-electron chi connectivity index (χ4n) is 3.37. The van der Waals surface area contributed by atoms with Crippen molar-refractivity contribution in [3.63, 3.8) is 0 Å². The zero-order valence-electron chi connectivity index (χ0n) is 9.39. The molecule has 1 saturated heterocycles. The van der Waals surface area contributed by atoms with Crippen molar-refractivity contribution in [2.45, 2.75) is 18.4 Å². The van der Waals surface area contributed by atoms with E-state index in [1.54, 1.807) is 0 Å². The van der Waals surface area contributed by atoms with Gasteiger partial charge in [-0.25, -0.2) is 0 Å². The van der Waals surface area contributed by atoms with Crippen LogP contribution in [0.4, 0.5) is 0 Å². The molecule has 1 aromatic rings. The van der Waals surface area contributed by atoms with E-state index in [1.807, 2.05) is 0 Å². The maximum absolute atomic E-state index is 11.7. The lowest BCUT2D eigenvalue weighted by molar-refractivity contribution is -0.119. The van der Waals surface area contributed by atoms with Gasteiger partial charge in [0, 0.05) is 17.8 Å². The lowest BCUT2D eigenvalue weighted by atomic mass is 9.77. The molecule has 5 rings (SSSR count). The molecule has 2 bridgehead atoms. The highest BCUT2D eigenvalue weighted by Crippen LogP contribution is 2.52. The summed E-state index contributed by atoms with van der Waals surface area (Å²) >= 11 is 0. The fourth-order valence-corrected chi connectivity index (χ4v) is 3.37. The molecule has 3 aliphatic carbocycles. The van der Waals surface area contributed by atoms with Gasteiger partial charge >= 0.3 is 0 Å². The third-order valence-electron chi connectivity index (χ3n) is 4.20. The molecule has 0 aromatic heterocycles. The van der Waals surface area contributed by atoms with Gasteiger partial charge in [0.2, 0.25) is 5.91 Å². The van der Waals surface area contributed by atoms with Gasteiger partial charge in [0.15, 0.2) is 0 Å². The maximum Gasteiger partial charge on any atom is 0.221 e. The Labute approximate surface area is 100 Å². The topological polar surface area (TPSA) is 29.1 Å². The van der Waals surface area contributed by atoms with E-state index in [0.717, 1.165) is 0 Å². The summed E-state index contributed by atoms with van der Waals surface area (Å²) in [5.41, 5.74) is 2.48. The van der Waals surface area contributed by atoms with Crippen molar-refractivity contribution in [2.24, 2.45) is 5.41 Å². The van der Waals surface area contributed by atoms with Crippen molar-refractivity contribution in [3.05, 3.63) is 59.7 Å². The Morgan fingerprint density at radius 1 is 1.12 bits per heavy atom. The van der Waals surface area contributed by atoms with Gasteiger partial charge < -0.3 is 5.32 Å². The zero-order chi connectivity index (χ0) is 11.5. The molecular weight excluding hydrogens is 210 g/mol. The summed E-state index contributed by atoms with van der Waals surface area (Å²) in [6, 6.07) is 8.56. The van der Waals surface area contributed by atoms with Crippen LogP contribution in [0.25, 0.3) is 0 Å². The summed E-state index contributed by atoms with van der Waals surface area (Å²) in [5, 5.41) is 3.13. The van der Waals surface area contributed by atoms with E-state index in [1.165, 1.54) is 11.1 Å². The molecule has 2 nitrogen and oxygen atoms in total. The number of carbonyl (C=O) groups excluding carboxylic acids is 1. The second kappa shape index (κ2) is 2.89. The molecule has 0 unspecified atom stereocenters. The second-order valence-corrected chi connectivity index (χ2v) is 5.16. The number of allylic oxidation sites excluding steroid dienone is 2. The van der Waals surface area contributed by atoms with Gasteiger partial charge in [-0.1, -0.05) is 48.6 Å². The third kappa shape index (κ3) is 1.08. The molecular formula is C15H13NO. The van der Waals surface area contributed by atoms with Gasteiger partial charge in [-0.05, 0) is 11.1 Å². The Morgan fingerprint density at radius 2 is 1.82 bits per heavy atom. The Bertz CT molecular complexity index is 556. The van der Waals surface area contributed by atoms with Crippen LogP contribution in [0.2, 0.25) is 0 Å². The van der Waals surface area contributed by atoms with Crippen LogP contribution in [0.3, 0.4) is 0 Å². The van der Waals surface area contributed by atoms with Gasteiger partial charge in [-0.15, -0.1) is 0 Å². The average molecular weight is 223 g/mol. The van der Waals surface area contributed by atoms with Crippen LogP contribution in [0.5, 0.6) is 0 Å². The van der Waals surface area contributed by atoms with Gasteiger partial charge in [0.25, 0.3) is 0 Å². The molecule has 1 amide bonds. The van der Waals surface area contributed by atoms with Crippen molar-refractivity contribution >= 4 is 5.91 Å². The molecule has 1 atom stereocenters. The van der Waals surface area contributed by atoms with Gasteiger partial charge in [0.05, 0.1) is 6.04 Å². The largest absolute Gasteiger partial charge is 0.348 e. The molecule has 0 radical (unpaired) electrons. The smallest absolute Gasteiger partial charge is 0.221 e. The van der Waals surface area contributed by atoms with E-state index in [4.69, 9.17) is 0 Å². The molecule has 1 heterocycles. The standard InChI is InChI=1S/C15H13NO/c17-13-9-15-7-5-10(6-8-15)11-3-1-2-4-12(11)14(15)16-13/h1-8,10,14H,9H2,(H,16,17)/t10?,14-,15?/m0/s1. The summed E-state index contributed by atoms with van der Waals surface area (Å²) in [6.07, 6.45) is 9.49. The highest BCUT2D eigenvalue weighted by atomic mass is 16.2. The number of hydrogen-bond donors (Lipinski definition) is 1. The van der Waals surface area contributed by atoms with Crippen molar-refractivity contribution in [3.8, 4) is 0 Å². The molecule has 4 aliphatic rings. The first-order chi connectivity index (χ1) is 8.28. The van der Waals surface area contributed by atoms with Crippen LogP contribution in [0, 0.1) is 5.41 Å². The molecule has 84 valence electrons. The van der Waals surface area contributed by atoms with Gasteiger partial charge in [-0.2, -0.15) is 0 Å². The summed E-state index contributed by atoms with van der Waals surface area (Å²) in [4.78, 5) is 11.7. The lowest BCUT2D eigenvalue weighted by Gasteiger charge is -2.27. The minimum Gasteiger partial charge on any atom is -0.348 e. The third-order valence-corrected chi connectivity index (χ3v) is 4.20. The van der Waals surface area contributed by atoms with Crippen molar-refractivity contribution < 1.29 is 4.79 Å². The first-order valence-corrected chi connectivity index (χ1v) is 6.05. The molecule has 1 spiro atoms. The van der Waals surface area contributed by atoms with Crippen LogP contribution >= 0.6 is 0 Å². The van der Waals surface area contributed by atoms with Crippen LogP contribution in [-0.4, -0.2) is 5.91 Å². The first kappa shape index (κ1) is 9.23. The Kier molecular flexibility index (Phi) is 1.57. The number of amides is 1. The predicted molar refractivity (Wildman–Crippen MR) is 65.4 cm³/mol. The number of hydrogen-bond acceptors (Lipinski definition) is 1. The normalized spacial score (nSPS) is 36.4. The van der Waals surface area contributed by atoms with Crippen LogP contribution in [0.15, 0.2) is 48.6 Å². The summed E-state index contributed by atoms with van der Waals surface area (Å²) in [5.74, 6) is 0.527. The molecule has 2 heteroatoms. The molecule has 1 aliphatic heterocycles. The minimum absolute atomic E-state index is 0.117. The number of rotatable bonds is 0. The van der Waals surface area contributed by atoms with Gasteiger partial charge in [-0.3, -0.25) is 4.79 Å². The van der Waals surface area contributed by atoms with E-state index >= 15 is 0 Å². The SMILES string of the molecule is O=C1CC23C=CC(C=C2)c2ccccc2[C@@H]3N1. The van der Waals surface area contributed by atoms with Crippen LogP contribution < -0.4 is 5.32 Å². The molecule has 1 fully saturated rings. The Morgan fingerprint density at radius 3 is 2.59 bits per heavy atom. The van der Waals surface area contributed by atoms with E-state index in [2.05, 4.69) is 53.9 Å². The van der Waals surface area contributed by atoms with Gasteiger partial charge in [0.1, 0.15) is 0 Å². The van der Waals surface area contributed by atoms with Crippen molar-refractivity contribution in [2.75, 3.05) is 0 Å². The quantitative estimate of drug-likeness (QED) is 0.672. The highest BCUT2D eigenvalue weighted by Gasteiger charge is 2.47. The molecule has 0 saturated carbocycles. The zero-order valence-corrected chi connectivity index (χ0v) is 9.39. The predicted octanol–water partition coefficient (Wildman–Crippen LogP) is 2.46. The minimum atomic E-state index is -0.125. The molecule has 17 heavy (non-hydrogen) atoms. The van der Waals surface area contributed by atoms with Crippen molar-refractivity contribution in [1.82, 2.24) is 5.32 Å². The summed E-state index contributed by atoms with van der Waals surface area (Å²) in [7, 11) is 0. The maximum atomic E-state index is 11.7. The Hall–Kier alpha value is -1.83. The average Bonchev–Trinajstić information content (AvgIpc) is 2.55. The lowest BCUT2D eigenvalue weighted by Crippen LogP contribution is -2.25. The number of benzene rings is 1. The highest BCUT2D eigenvalue weighted by molar-refractivity contribution is 5.82. The Balaban J connectivity index is 2.01. The monoisotopic (exact) mass is 223 g/mol. The summed E-state index contributed by atoms with van der Waals surface area (Å²) < 4.78 is 0. The first-order valence-electron chi connectivity index (χ1n) is 6.05. The number of nitrogens with one attached hydrogen (secondary N) is 1. The van der Waals surface area contributed by atoms with E-state index < -0.39 is 0 Å². The molecule has 1 N–H and O–H groups in total. The second-order valence-electron chi connectivity index (χ2n) is 5.16.